The Bertz CT molecular complexity index is 286. The lowest BCUT2D eigenvalue weighted by molar-refractivity contribution is 0.293. The van der Waals surface area contributed by atoms with Gasteiger partial charge in [0.1, 0.15) is 0 Å². The predicted molar refractivity (Wildman–Crippen MR) is 69.6 cm³/mol. The Morgan fingerprint density at radius 1 is 1.27 bits per heavy atom. The normalized spacial score (nSPS) is 19.3. The Labute approximate surface area is 95.5 Å². The Balaban J connectivity index is 0.000000921. The fraction of sp³-hybridized carbons (Fsp3) is 0.600. The molecule has 0 spiro atoms. The van der Waals surface area contributed by atoms with Gasteiger partial charge in [0.25, 0.3) is 0 Å². The van der Waals surface area contributed by atoms with Gasteiger partial charge < -0.3 is 0 Å². The van der Waals surface area contributed by atoms with Crippen LogP contribution in [0.25, 0.3) is 0 Å². The van der Waals surface area contributed by atoms with Crippen molar-refractivity contribution in [3.05, 3.63) is 23.8 Å². The maximum Gasteiger partial charge on any atom is 0.0202 e. The summed E-state index contributed by atoms with van der Waals surface area (Å²) in [4.78, 5) is 0. The van der Waals surface area contributed by atoms with E-state index in [1.807, 2.05) is 20.8 Å². The SMILES string of the molecule is CC.CC#CC1=CCC(C(C)(C)C)C=C1. The van der Waals surface area contributed by atoms with Crippen LogP contribution < -0.4 is 0 Å². The summed E-state index contributed by atoms with van der Waals surface area (Å²) < 4.78 is 0. The minimum Gasteiger partial charge on any atom is -0.101 e. The number of rotatable bonds is 0. The first-order valence-electron chi connectivity index (χ1n) is 5.85. The van der Waals surface area contributed by atoms with Crippen molar-refractivity contribution in [1.29, 1.82) is 0 Å². The summed E-state index contributed by atoms with van der Waals surface area (Å²) in [6.45, 7) is 12.7. The number of hydrogen-bond donors (Lipinski definition) is 0. The summed E-state index contributed by atoms with van der Waals surface area (Å²) in [5.74, 6) is 6.66. The van der Waals surface area contributed by atoms with Crippen LogP contribution in [-0.4, -0.2) is 0 Å². The van der Waals surface area contributed by atoms with Crippen LogP contribution in [-0.2, 0) is 0 Å². The average Bonchev–Trinajstić information content (AvgIpc) is 2.21. The quantitative estimate of drug-likeness (QED) is 0.506. The molecule has 0 saturated heterocycles. The lowest BCUT2D eigenvalue weighted by atomic mass is 9.76. The van der Waals surface area contributed by atoms with Gasteiger partial charge in [0.05, 0.1) is 0 Å². The molecule has 1 aliphatic carbocycles. The summed E-state index contributed by atoms with van der Waals surface area (Å²) in [6, 6.07) is 0. The maximum absolute atomic E-state index is 3.08. The van der Waals surface area contributed by atoms with Gasteiger partial charge in [0, 0.05) is 5.57 Å². The van der Waals surface area contributed by atoms with Gasteiger partial charge in [0.15, 0.2) is 0 Å². The van der Waals surface area contributed by atoms with Crippen molar-refractivity contribution < 1.29 is 0 Å². The third-order valence-electron chi connectivity index (χ3n) is 2.48. The molecule has 1 unspecified atom stereocenters. The Kier molecular flexibility index (Phi) is 6.09. The van der Waals surface area contributed by atoms with Crippen LogP contribution in [0.4, 0.5) is 0 Å². The second-order valence-electron chi connectivity index (χ2n) is 4.60. The number of hydrogen-bond acceptors (Lipinski definition) is 0. The highest BCUT2D eigenvalue weighted by Gasteiger charge is 2.22. The molecule has 15 heavy (non-hydrogen) atoms. The fourth-order valence-electron chi connectivity index (χ4n) is 1.50. The van der Waals surface area contributed by atoms with E-state index in [1.54, 1.807) is 0 Å². The van der Waals surface area contributed by atoms with Crippen LogP contribution in [0.1, 0.15) is 48.0 Å². The minimum atomic E-state index is 0.373. The molecule has 0 aromatic carbocycles. The Hall–Kier alpha value is -0.960. The number of allylic oxidation sites excluding steroid dienone is 4. The summed E-state index contributed by atoms with van der Waals surface area (Å²) in [5, 5.41) is 0. The van der Waals surface area contributed by atoms with Gasteiger partial charge in [-0.15, -0.1) is 5.92 Å². The van der Waals surface area contributed by atoms with Gasteiger partial charge in [0.2, 0.25) is 0 Å². The van der Waals surface area contributed by atoms with Crippen molar-refractivity contribution in [3.8, 4) is 11.8 Å². The lowest BCUT2D eigenvalue weighted by Gasteiger charge is -2.28. The topological polar surface area (TPSA) is 0 Å². The summed E-state index contributed by atoms with van der Waals surface area (Å²) >= 11 is 0. The largest absolute Gasteiger partial charge is 0.101 e. The van der Waals surface area contributed by atoms with Crippen LogP contribution in [0.15, 0.2) is 23.8 Å². The van der Waals surface area contributed by atoms with E-state index in [1.165, 1.54) is 5.57 Å². The summed E-state index contributed by atoms with van der Waals surface area (Å²) in [6.07, 6.45) is 7.81. The van der Waals surface area contributed by atoms with E-state index >= 15 is 0 Å². The van der Waals surface area contributed by atoms with Gasteiger partial charge in [-0.1, -0.05) is 58.8 Å². The van der Waals surface area contributed by atoms with Crippen LogP contribution in [0.2, 0.25) is 0 Å². The molecule has 1 atom stereocenters. The van der Waals surface area contributed by atoms with E-state index in [-0.39, 0.29) is 0 Å². The van der Waals surface area contributed by atoms with Crippen LogP contribution in [0.3, 0.4) is 0 Å². The molecule has 0 N–H and O–H groups in total. The van der Waals surface area contributed by atoms with Gasteiger partial charge in [-0.2, -0.15) is 0 Å². The molecule has 0 nitrogen and oxygen atoms in total. The molecule has 0 bridgehead atoms. The second kappa shape index (κ2) is 6.51. The van der Waals surface area contributed by atoms with Crippen LogP contribution >= 0.6 is 0 Å². The third-order valence-corrected chi connectivity index (χ3v) is 2.48. The van der Waals surface area contributed by atoms with E-state index in [4.69, 9.17) is 0 Å². The van der Waals surface area contributed by atoms with Crippen molar-refractivity contribution >= 4 is 0 Å². The smallest absolute Gasteiger partial charge is 0.0202 e. The van der Waals surface area contributed by atoms with Gasteiger partial charge in [-0.25, -0.2) is 0 Å². The first-order chi connectivity index (χ1) is 7.04. The zero-order chi connectivity index (χ0) is 11.9. The monoisotopic (exact) mass is 204 g/mol. The molecule has 0 heterocycles. The second-order valence-corrected chi connectivity index (χ2v) is 4.60. The molecule has 0 aliphatic heterocycles. The molecule has 1 aliphatic rings. The Morgan fingerprint density at radius 3 is 2.20 bits per heavy atom. The molecular weight excluding hydrogens is 180 g/mol. The first-order valence-corrected chi connectivity index (χ1v) is 5.85. The van der Waals surface area contributed by atoms with Crippen molar-refractivity contribution in [2.75, 3.05) is 0 Å². The van der Waals surface area contributed by atoms with Crippen molar-refractivity contribution in [1.82, 2.24) is 0 Å². The molecule has 0 saturated carbocycles. The highest BCUT2D eigenvalue weighted by Crippen LogP contribution is 2.32. The van der Waals surface area contributed by atoms with Crippen molar-refractivity contribution in [2.24, 2.45) is 11.3 Å². The molecule has 84 valence electrons. The van der Waals surface area contributed by atoms with E-state index in [9.17, 15) is 0 Å². The van der Waals surface area contributed by atoms with E-state index in [0.717, 1.165) is 6.42 Å². The molecule has 0 fully saturated rings. The summed E-state index contributed by atoms with van der Waals surface area (Å²) in [7, 11) is 0. The lowest BCUT2D eigenvalue weighted by Crippen LogP contribution is -2.19. The average molecular weight is 204 g/mol. The van der Waals surface area contributed by atoms with E-state index in [0.29, 0.717) is 11.3 Å². The van der Waals surface area contributed by atoms with Gasteiger partial charge in [-0.05, 0) is 24.7 Å². The van der Waals surface area contributed by atoms with Crippen molar-refractivity contribution in [2.45, 2.75) is 48.0 Å². The zero-order valence-electron chi connectivity index (χ0n) is 11.0. The fourth-order valence-corrected chi connectivity index (χ4v) is 1.50. The first kappa shape index (κ1) is 14.0. The standard InChI is InChI=1S/C13H18.C2H6/c1-5-6-11-7-9-12(10-8-11)13(2,3)4;1-2/h7-9,12H,10H2,1-4H3;1-2H3. The molecule has 1 rings (SSSR count). The molecule has 0 aromatic rings. The molecule has 0 amide bonds. The van der Waals surface area contributed by atoms with Crippen LogP contribution in [0, 0.1) is 23.2 Å². The maximum atomic E-state index is 3.08. The molecule has 0 heteroatoms. The van der Waals surface area contributed by atoms with E-state index < -0.39 is 0 Å². The zero-order valence-corrected chi connectivity index (χ0v) is 11.0. The summed E-state index contributed by atoms with van der Waals surface area (Å²) in [5.41, 5.74) is 1.54. The highest BCUT2D eigenvalue weighted by molar-refractivity contribution is 5.40. The van der Waals surface area contributed by atoms with Crippen molar-refractivity contribution in [3.63, 3.8) is 0 Å². The van der Waals surface area contributed by atoms with Crippen LogP contribution in [0.5, 0.6) is 0 Å². The minimum absolute atomic E-state index is 0.373. The predicted octanol–water partition coefficient (Wildman–Crippen LogP) is 4.58. The molecular formula is C15H24. The highest BCUT2D eigenvalue weighted by atomic mass is 14.3. The van der Waals surface area contributed by atoms with E-state index in [2.05, 4.69) is 50.8 Å². The molecule has 0 aromatic heterocycles. The molecule has 0 radical (unpaired) electrons. The van der Waals surface area contributed by atoms with Gasteiger partial charge in [-0.3, -0.25) is 0 Å². The third kappa shape index (κ3) is 4.88. The van der Waals surface area contributed by atoms with Gasteiger partial charge >= 0.3 is 0 Å². The Morgan fingerprint density at radius 2 is 1.87 bits per heavy atom.